The van der Waals surface area contributed by atoms with Crippen LogP contribution in [0.5, 0.6) is 0 Å². The zero-order valence-corrected chi connectivity index (χ0v) is 8.45. The molecule has 0 bridgehead atoms. The Bertz CT molecular complexity index is 220. The number of hydrogen-bond donors (Lipinski definition) is 1. The van der Waals surface area contributed by atoms with E-state index in [1.165, 1.54) is 0 Å². The summed E-state index contributed by atoms with van der Waals surface area (Å²) in [5.74, 6) is 0. The van der Waals surface area contributed by atoms with E-state index in [0.717, 1.165) is 12.2 Å². The van der Waals surface area contributed by atoms with Crippen molar-refractivity contribution >= 4 is 28.6 Å². The third-order valence-electron chi connectivity index (χ3n) is 1.23. The second kappa shape index (κ2) is 3.87. The van der Waals surface area contributed by atoms with E-state index in [4.69, 9.17) is 5.73 Å². The summed E-state index contributed by atoms with van der Waals surface area (Å²) in [7, 11) is 2.00. The summed E-state index contributed by atoms with van der Waals surface area (Å²) >= 11 is 2.22. The van der Waals surface area contributed by atoms with Crippen molar-refractivity contribution in [1.82, 2.24) is 8.10 Å². The molecule has 0 radical (unpaired) electrons. The van der Waals surface area contributed by atoms with E-state index in [2.05, 4.69) is 27.8 Å². The Morgan fingerprint density at radius 2 is 2.36 bits per heavy atom. The maximum Gasteiger partial charge on any atom is 0.0553 e. The normalized spacial score (nSPS) is 10.5. The third kappa shape index (κ3) is 3.02. The largest absolute Gasteiger partial charge is 0.397 e. The lowest BCUT2D eigenvalue weighted by molar-refractivity contribution is 0.598. The van der Waals surface area contributed by atoms with Crippen molar-refractivity contribution in [2.75, 3.05) is 12.8 Å². The Kier molecular flexibility index (Phi) is 3.07. The minimum atomic E-state index is 0.713. The number of rotatable bonds is 2. The number of nitrogens with two attached hydrogens (primary N) is 1. The van der Waals surface area contributed by atoms with E-state index in [1.54, 1.807) is 6.20 Å². The first kappa shape index (κ1) is 8.73. The topological polar surface area (TPSA) is 42.1 Å². The van der Waals surface area contributed by atoms with E-state index in [1.807, 2.05) is 22.3 Å². The standard InChI is InChI=1S/C7H10IN3/c1-11(8)5-7-3-2-6(9)4-10-7/h2-4H,5,9H2,1H3. The molecule has 0 aliphatic carbocycles. The molecular weight excluding hydrogens is 253 g/mol. The summed E-state index contributed by atoms with van der Waals surface area (Å²) in [6.45, 7) is 0.848. The maximum absolute atomic E-state index is 5.48. The first-order valence-corrected chi connectivity index (χ1v) is 4.22. The number of anilines is 1. The van der Waals surface area contributed by atoms with Gasteiger partial charge >= 0.3 is 0 Å². The number of pyridine rings is 1. The fraction of sp³-hybridized carbons (Fsp3) is 0.286. The molecule has 11 heavy (non-hydrogen) atoms. The number of nitrogen functional groups attached to an aromatic ring is 1. The van der Waals surface area contributed by atoms with Gasteiger partial charge in [-0.2, -0.15) is 0 Å². The summed E-state index contributed by atoms with van der Waals surface area (Å²) in [5.41, 5.74) is 7.23. The Hall–Kier alpha value is -0.360. The lowest BCUT2D eigenvalue weighted by Gasteiger charge is -2.05. The highest BCUT2D eigenvalue weighted by Gasteiger charge is 1.95. The van der Waals surface area contributed by atoms with E-state index in [-0.39, 0.29) is 0 Å². The smallest absolute Gasteiger partial charge is 0.0553 e. The van der Waals surface area contributed by atoms with Crippen molar-refractivity contribution in [3.05, 3.63) is 24.0 Å². The molecule has 1 rings (SSSR count). The van der Waals surface area contributed by atoms with Crippen molar-refractivity contribution in [3.63, 3.8) is 0 Å². The van der Waals surface area contributed by atoms with Gasteiger partial charge in [-0.1, -0.05) is 0 Å². The number of nitrogens with zero attached hydrogens (tertiary/aromatic N) is 2. The fourth-order valence-electron chi connectivity index (χ4n) is 0.753. The zero-order valence-electron chi connectivity index (χ0n) is 6.29. The zero-order chi connectivity index (χ0) is 8.27. The van der Waals surface area contributed by atoms with Crippen molar-refractivity contribution in [2.24, 2.45) is 0 Å². The molecule has 0 spiro atoms. The molecule has 0 unspecified atom stereocenters. The summed E-state index contributed by atoms with van der Waals surface area (Å²) in [5, 5.41) is 0. The summed E-state index contributed by atoms with van der Waals surface area (Å²) in [6.07, 6.45) is 1.68. The molecule has 1 aromatic heterocycles. The van der Waals surface area contributed by atoms with Crippen molar-refractivity contribution < 1.29 is 0 Å². The number of hydrogen-bond acceptors (Lipinski definition) is 3. The average molecular weight is 263 g/mol. The van der Waals surface area contributed by atoms with Gasteiger partial charge in [-0.25, -0.2) is 3.11 Å². The highest BCUT2D eigenvalue weighted by Crippen LogP contribution is 2.05. The van der Waals surface area contributed by atoms with Gasteiger partial charge in [0.2, 0.25) is 0 Å². The van der Waals surface area contributed by atoms with Gasteiger partial charge in [0.05, 0.1) is 24.1 Å². The van der Waals surface area contributed by atoms with E-state index in [0.29, 0.717) is 5.69 Å². The second-order valence-corrected chi connectivity index (χ2v) is 3.99. The summed E-state index contributed by atoms with van der Waals surface area (Å²) in [6, 6.07) is 3.80. The van der Waals surface area contributed by atoms with Crippen LogP contribution in [-0.4, -0.2) is 15.1 Å². The Morgan fingerprint density at radius 1 is 1.64 bits per heavy atom. The van der Waals surface area contributed by atoms with Gasteiger partial charge in [-0.3, -0.25) is 4.98 Å². The van der Waals surface area contributed by atoms with Gasteiger partial charge in [0.15, 0.2) is 0 Å². The van der Waals surface area contributed by atoms with Crippen LogP contribution in [-0.2, 0) is 6.54 Å². The van der Waals surface area contributed by atoms with Gasteiger partial charge in [-0.15, -0.1) is 0 Å². The van der Waals surface area contributed by atoms with Crippen LogP contribution in [0.15, 0.2) is 18.3 Å². The Morgan fingerprint density at radius 3 is 2.82 bits per heavy atom. The molecule has 0 amide bonds. The molecule has 0 aliphatic heterocycles. The van der Waals surface area contributed by atoms with E-state index < -0.39 is 0 Å². The van der Waals surface area contributed by atoms with E-state index >= 15 is 0 Å². The van der Waals surface area contributed by atoms with Gasteiger partial charge in [-0.05, 0) is 19.2 Å². The first-order chi connectivity index (χ1) is 5.18. The second-order valence-electron chi connectivity index (χ2n) is 2.35. The molecule has 0 aliphatic rings. The van der Waals surface area contributed by atoms with Gasteiger partial charge < -0.3 is 5.73 Å². The molecule has 0 aromatic carbocycles. The van der Waals surface area contributed by atoms with Crippen LogP contribution < -0.4 is 5.73 Å². The van der Waals surface area contributed by atoms with Crippen molar-refractivity contribution in [1.29, 1.82) is 0 Å². The molecule has 0 saturated carbocycles. The molecule has 60 valence electrons. The maximum atomic E-state index is 5.48. The van der Waals surface area contributed by atoms with Crippen LogP contribution in [0, 0.1) is 0 Å². The Balaban J connectivity index is 2.66. The van der Waals surface area contributed by atoms with Gasteiger partial charge in [0, 0.05) is 22.9 Å². The SMILES string of the molecule is CN(I)Cc1ccc(N)cn1. The highest BCUT2D eigenvalue weighted by molar-refractivity contribution is 14.1. The predicted octanol–water partition coefficient (Wildman–Crippen LogP) is 1.45. The van der Waals surface area contributed by atoms with E-state index in [9.17, 15) is 0 Å². The number of aromatic nitrogens is 1. The molecule has 0 atom stereocenters. The molecule has 3 nitrogen and oxygen atoms in total. The van der Waals surface area contributed by atoms with Gasteiger partial charge in [0.1, 0.15) is 0 Å². The van der Waals surface area contributed by atoms with Crippen LogP contribution in [0.2, 0.25) is 0 Å². The minimum Gasteiger partial charge on any atom is -0.397 e. The molecule has 1 aromatic rings. The van der Waals surface area contributed by atoms with Crippen molar-refractivity contribution in [2.45, 2.75) is 6.54 Å². The fourth-order valence-corrected chi connectivity index (χ4v) is 1.10. The average Bonchev–Trinajstić information content (AvgIpc) is 1.93. The number of halogens is 1. The van der Waals surface area contributed by atoms with Crippen LogP contribution in [0.4, 0.5) is 5.69 Å². The molecular formula is C7H10IN3. The molecule has 1 heterocycles. The minimum absolute atomic E-state index is 0.713. The monoisotopic (exact) mass is 263 g/mol. The van der Waals surface area contributed by atoms with Crippen LogP contribution >= 0.6 is 22.9 Å². The molecule has 0 fully saturated rings. The summed E-state index contributed by atoms with van der Waals surface area (Å²) < 4.78 is 2.04. The molecule has 4 heteroatoms. The lowest BCUT2D eigenvalue weighted by Crippen LogP contribution is -2.04. The summed E-state index contributed by atoms with van der Waals surface area (Å²) in [4.78, 5) is 4.15. The lowest BCUT2D eigenvalue weighted by atomic mass is 10.3. The quantitative estimate of drug-likeness (QED) is 0.648. The Labute approximate surface area is 80.1 Å². The van der Waals surface area contributed by atoms with Crippen LogP contribution in [0.1, 0.15) is 5.69 Å². The first-order valence-electron chi connectivity index (χ1n) is 3.26. The van der Waals surface area contributed by atoms with Crippen LogP contribution in [0.3, 0.4) is 0 Å². The van der Waals surface area contributed by atoms with Gasteiger partial charge in [0.25, 0.3) is 0 Å². The predicted molar refractivity (Wildman–Crippen MR) is 54.1 cm³/mol. The van der Waals surface area contributed by atoms with Crippen molar-refractivity contribution in [3.8, 4) is 0 Å². The molecule has 0 saturated heterocycles. The van der Waals surface area contributed by atoms with Crippen LogP contribution in [0.25, 0.3) is 0 Å². The third-order valence-corrected chi connectivity index (χ3v) is 1.57. The highest BCUT2D eigenvalue weighted by atomic mass is 127. The molecule has 2 N–H and O–H groups in total.